The van der Waals surface area contributed by atoms with Crippen molar-refractivity contribution in [1.82, 2.24) is 0 Å². The van der Waals surface area contributed by atoms with Gasteiger partial charge in [0.25, 0.3) is 0 Å². The summed E-state index contributed by atoms with van der Waals surface area (Å²) < 4.78 is 22.4. The Morgan fingerprint density at radius 2 is 1.40 bits per heavy atom. The number of aliphatic hydroxyl groups excluding tert-OH is 1. The molecule has 0 aliphatic carbocycles. The van der Waals surface area contributed by atoms with Gasteiger partial charge in [-0.15, -0.1) is 4.52 Å². The zero-order valence-corrected chi connectivity index (χ0v) is 12.0. The third-order valence-corrected chi connectivity index (χ3v) is 1.44. The van der Waals surface area contributed by atoms with Crippen LogP contribution in [0.1, 0.15) is 13.8 Å². The smallest absolute Gasteiger partial charge is 0.489 e. The summed E-state index contributed by atoms with van der Waals surface area (Å²) in [4.78, 5) is 50.5. The average Bonchev–Trinajstić information content (AvgIpc) is 2.14. The zero-order valence-electron chi connectivity index (χ0n) is 10.2. The van der Waals surface area contributed by atoms with Crippen LogP contribution in [0.3, 0.4) is 0 Å². The molecule has 0 aliphatic rings. The molecule has 0 heterocycles. The Morgan fingerprint density at radius 3 is 1.45 bits per heavy atom. The molecule has 20 heavy (non-hydrogen) atoms. The van der Waals surface area contributed by atoms with E-state index in [1.807, 2.05) is 0 Å². The van der Waals surface area contributed by atoms with Crippen molar-refractivity contribution in [2.45, 2.75) is 26.1 Å². The molecule has 0 amide bonds. The fourth-order valence-electron chi connectivity index (χ4n) is 0.174. The molecule has 0 aromatic heterocycles. The highest BCUT2D eigenvalue weighted by atomic mass is 31.2. The Balaban J connectivity index is -0.000000230. The average molecular weight is 340 g/mol. The minimum atomic E-state index is -4.64. The molecule has 3 unspecified atom stereocenters. The second-order valence-corrected chi connectivity index (χ2v) is 4.52. The van der Waals surface area contributed by atoms with Gasteiger partial charge in [-0.2, -0.15) is 0 Å². The van der Waals surface area contributed by atoms with E-state index in [9.17, 15) is 19.0 Å². The molecule has 14 heteroatoms. The minimum Gasteiger partial charge on any atom is -0.566 e. The highest BCUT2D eigenvalue weighted by Gasteiger charge is 2.18. The largest absolute Gasteiger partial charge is 0.566 e. The second-order valence-electron chi connectivity index (χ2n) is 2.84. The maximum atomic E-state index is 9.84. The summed E-state index contributed by atoms with van der Waals surface area (Å²) in [5.74, 6) is -2.48. The van der Waals surface area contributed by atoms with Gasteiger partial charge in [0.15, 0.2) is 0 Å². The van der Waals surface area contributed by atoms with Crippen LogP contribution in [-0.4, -0.2) is 54.1 Å². The number of carboxylic acid groups (broad SMARTS) is 2. The molecular formula is C6H14O12P2. The summed E-state index contributed by atoms with van der Waals surface area (Å²) in [6, 6.07) is 0. The quantitative estimate of drug-likeness (QED) is 0.306. The molecule has 6 N–H and O–H groups in total. The fraction of sp³-hybridized carbons (Fsp3) is 0.667. The van der Waals surface area contributed by atoms with Gasteiger partial charge in [0.1, 0.15) is 6.10 Å². The van der Waals surface area contributed by atoms with Gasteiger partial charge >= 0.3 is 28.0 Å². The topological polar surface area (TPSA) is 222 Å². The van der Waals surface area contributed by atoms with Crippen LogP contribution in [0, 0.1) is 0 Å². The molecule has 120 valence electrons. The summed E-state index contributed by atoms with van der Waals surface area (Å²) in [6.07, 6.45) is -2.52. The number of aliphatic hydroxyl groups is 1. The van der Waals surface area contributed by atoms with Gasteiger partial charge in [0.05, 0.1) is 0 Å². The van der Waals surface area contributed by atoms with E-state index < -0.39 is 40.2 Å². The van der Waals surface area contributed by atoms with Crippen molar-refractivity contribution in [2.75, 3.05) is 0 Å². The molecule has 0 saturated carbocycles. The van der Waals surface area contributed by atoms with Crippen LogP contribution >= 0.6 is 16.1 Å². The zero-order chi connectivity index (χ0) is 17.1. The number of aliphatic carboxylic acids is 2. The Labute approximate surface area is 113 Å². The van der Waals surface area contributed by atoms with Crippen molar-refractivity contribution in [3.05, 3.63) is 0 Å². The van der Waals surface area contributed by atoms with E-state index in [0.29, 0.717) is 0 Å². The lowest BCUT2D eigenvalue weighted by Crippen LogP contribution is -2.17. The van der Waals surface area contributed by atoms with Crippen LogP contribution in [0.15, 0.2) is 0 Å². The minimum absolute atomic E-state index is 1.13. The van der Waals surface area contributed by atoms with Crippen molar-refractivity contribution in [3.8, 4) is 0 Å². The second kappa shape index (κ2) is 11.8. The summed E-state index contributed by atoms with van der Waals surface area (Å²) in [7, 11) is -7.69. The van der Waals surface area contributed by atoms with E-state index in [0.717, 1.165) is 6.92 Å². The number of phosphoric acid groups is 1. The Bertz CT molecular complexity index is 351. The van der Waals surface area contributed by atoms with Gasteiger partial charge in [-0.1, -0.05) is 0 Å². The summed E-state index contributed by atoms with van der Waals surface area (Å²) in [6.45, 7) is 2.33. The first-order valence-corrected chi connectivity index (χ1v) is 7.07. The van der Waals surface area contributed by atoms with Crippen LogP contribution in [0.25, 0.3) is 0 Å². The summed E-state index contributed by atoms with van der Waals surface area (Å²) in [5, 5.41) is 23.8. The predicted molar refractivity (Wildman–Crippen MR) is 59.4 cm³/mol. The summed E-state index contributed by atoms with van der Waals surface area (Å²) in [5.41, 5.74) is 0. The van der Waals surface area contributed by atoms with Gasteiger partial charge < -0.3 is 34.9 Å². The molecule has 0 bridgehead atoms. The van der Waals surface area contributed by atoms with Crippen LogP contribution in [0.2, 0.25) is 0 Å². The molecule has 12 nitrogen and oxygen atoms in total. The molecule has 0 spiro atoms. The van der Waals surface area contributed by atoms with Crippen molar-refractivity contribution in [3.63, 3.8) is 0 Å². The third-order valence-electron chi connectivity index (χ3n) is 0.949. The lowest BCUT2D eigenvalue weighted by molar-refractivity contribution is -0.191. The van der Waals surface area contributed by atoms with Crippen LogP contribution in [-0.2, 0) is 23.2 Å². The van der Waals surface area contributed by atoms with E-state index in [4.69, 9.17) is 34.6 Å². The van der Waals surface area contributed by atoms with Crippen molar-refractivity contribution in [1.29, 1.82) is 0 Å². The van der Waals surface area contributed by atoms with Gasteiger partial charge in [-0.25, -0.2) is 14.2 Å². The van der Waals surface area contributed by atoms with Crippen LogP contribution in [0.4, 0.5) is 0 Å². The number of hydrogen-bond acceptors (Lipinski definition) is 7. The van der Waals surface area contributed by atoms with E-state index in [1.54, 1.807) is 0 Å². The Hall–Kier alpha value is -0.970. The molecule has 0 saturated heterocycles. The maximum Gasteiger partial charge on any atom is 0.489 e. The maximum absolute atomic E-state index is 9.84. The number of hydrogen-bond donors (Lipinski definition) is 6. The van der Waals surface area contributed by atoms with Crippen molar-refractivity contribution < 1.29 is 58.1 Å². The van der Waals surface area contributed by atoms with Crippen LogP contribution in [0.5, 0.6) is 0 Å². The number of rotatable bonds is 4. The van der Waals surface area contributed by atoms with E-state index in [1.165, 1.54) is 6.92 Å². The number of carboxylic acids is 2. The first kappa shape index (κ1) is 24.1. The molecule has 0 aliphatic heterocycles. The SMILES string of the molecule is CC(O)C(=O)O.CC(O[P+](=O)[O-])C(=O)O.O=P(O)(O)O. The first-order chi connectivity index (χ1) is 8.68. The highest BCUT2D eigenvalue weighted by Crippen LogP contribution is 2.25. The highest BCUT2D eigenvalue weighted by molar-refractivity contribution is 7.45. The Kier molecular flexibility index (Phi) is 14.2. The predicted octanol–water partition coefficient (Wildman–Crippen LogP) is -1.98. The van der Waals surface area contributed by atoms with Gasteiger partial charge in [-0.3, -0.25) is 0 Å². The first-order valence-electron chi connectivity index (χ1n) is 4.41. The van der Waals surface area contributed by atoms with E-state index in [-0.39, 0.29) is 0 Å². The molecular weight excluding hydrogens is 326 g/mol. The molecule has 0 aromatic rings. The van der Waals surface area contributed by atoms with Crippen molar-refractivity contribution >= 4 is 28.0 Å². The monoisotopic (exact) mass is 340 g/mol. The molecule has 0 fully saturated rings. The van der Waals surface area contributed by atoms with E-state index in [2.05, 4.69) is 4.52 Å². The standard InChI is InChI=1S/C3H5O5P.C3H6O3.H3O4P/c1-2(3(4)5)8-9(6)7;1-2(4)3(5)6;1-5(2,3)4/h2H,1H3,(H,4,5);2,4H,1H3,(H,5,6);(H3,1,2,3,4). The Morgan fingerprint density at radius 1 is 1.15 bits per heavy atom. The van der Waals surface area contributed by atoms with Gasteiger partial charge in [0, 0.05) is 0 Å². The lowest BCUT2D eigenvalue weighted by atomic mass is 10.4. The lowest BCUT2D eigenvalue weighted by Gasteiger charge is -1.95. The molecule has 3 atom stereocenters. The normalized spacial score (nSPS) is 13.7. The van der Waals surface area contributed by atoms with E-state index >= 15 is 0 Å². The summed E-state index contributed by atoms with van der Waals surface area (Å²) >= 11 is 0. The molecule has 0 aromatic carbocycles. The third kappa shape index (κ3) is 36.0. The van der Waals surface area contributed by atoms with Crippen molar-refractivity contribution in [2.24, 2.45) is 0 Å². The number of carbonyl (C=O) groups is 2. The van der Waals surface area contributed by atoms with Gasteiger partial charge in [0.2, 0.25) is 6.10 Å². The van der Waals surface area contributed by atoms with Crippen LogP contribution < -0.4 is 4.89 Å². The molecule has 0 rings (SSSR count). The fourth-order valence-corrected chi connectivity index (χ4v) is 0.523. The molecule has 0 radical (unpaired) electrons. The van der Waals surface area contributed by atoms with Gasteiger partial charge in [-0.05, 0) is 18.4 Å².